The Bertz CT molecular complexity index is 1100. The Morgan fingerprint density at radius 2 is 1.31 bits per heavy atom. The molecule has 0 saturated carbocycles. The Hall–Kier alpha value is -3.40. The quantitative estimate of drug-likeness (QED) is 0.531. The van der Waals surface area contributed by atoms with Gasteiger partial charge in [-0.25, -0.2) is 0 Å². The average molecular weight is 342 g/mol. The van der Waals surface area contributed by atoms with Crippen LogP contribution in [0.15, 0.2) is 83.7 Å². The maximum atomic E-state index is 12.9. The van der Waals surface area contributed by atoms with Gasteiger partial charge < -0.3 is 9.47 Å². The highest BCUT2D eigenvalue weighted by Crippen LogP contribution is 2.20. The predicted molar refractivity (Wildman–Crippen MR) is 106 cm³/mol. The number of likely N-dealkylation sites (N-methyl/N-ethyl adjacent to an activating group) is 1. The highest BCUT2D eigenvalue weighted by Gasteiger charge is 2.16. The molecule has 1 aromatic heterocycles. The van der Waals surface area contributed by atoms with Crippen molar-refractivity contribution in [1.82, 2.24) is 4.57 Å². The standard InChI is InChI=1S/C22H18N2O2/c1-23(16-9-3-2-4-10-16)21(25)15-24-19-13-7-5-11-17(19)22(26)18-12-6-8-14-20(18)24/h2-14H,15H2,1H3. The van der Waals surface area contributed by atoms with E-state index in [9.17, 15) is 9.59 Å². The van der Waals surface area contributed by atoms with E-state index in [0.717, 1.165) is 16.7 Å². The summed E-state index contributed by atoms with van der Waals surface area (Å²) in [5, 5.41) is 1.25. The summed E-state index contributed by atoms with van der Waals surface area (Å²) in [5.41, 5.74) is 2.38. The number of hydrogen-bond donors (Lipinski definition) is 0. The maximum Gasteiger partial charge on any atom is 0.246 e. The molecule has 4 nitrogen and oxygen atoms in total. The Labute approximate surface area is 150 Å². The Morgan fingerprint density at radius 1 is 0.808 bits per heavy atom. The minimum Gasteiger partial charge on any atom is -0.331 e. The molecule has 0 unspecified atom stereocenters. The first-order valence-corrected chi connectivity index (χ1v) is 8.49. The van der Waals surface area contributed by atoms with Crippen molar-refractivity contribution in [3.05, 3.63) is 89.1 Å². The second-order valence-corrected chi connectivity index (χ2v) is 6.24. The van der Waals surface area contributed by atoms with Crippen LogP contribution in [0.1, 0.15) is 0 Å². The molecule has 0 bridgehead atoms. The van der Waals surface area contributed by atoms with Gasteiger partial charge in [0.2, 0.25) is 5.91 Å². The minimum atomic E-state index is -0.0462. The van der Waals surface area contributed by atoms with Gasteiger partial charge in [-0.1, -0.05) is 42.5 Å². The first-order chi connectivity index (χ1) is 12.7. The molecule has 1 heterocycles. The molecule has 0 atom stereocenters. The monoisotopic (exact) mass is 342 g/mol. The van der Waals surface area contributed by atoms with Crippen molar-refractivity contribution in [1.29, 1.82) is 0 Å². The Morgan fingerprint density at radius 3 is 1.88 bits per heavy atom. The van der Waals surface area contributed by atoms with Gasteiger partial charge in [0.25, 0.3) is 0 Å². The molecule has 0 N–H and O–H groups in total. The van der Waals surface area contributed by atoms with Gasteiger partial charge in [-0.15, -0.1) is 0 Å². The molecule has 26 heavy (non-hydrogen) atoms. The van der Waals surface area contributed by atoms with E-state index >= 15 is 0 Å². The summed E-state index contributed by atoms with van der Waals surface area (Å²) < 4.78 is 1.92. The third-order valence-electron chi connectivity index (χ3n) is 4.69. The first-order valence-electron chi connectivity index (χ1n) is 8.49. The normalized spacial score (nSPS) is 11.0. The van der Waals surface area contributed by atoms with Gasteiger partial charge >= 0.3 is 0 Å². The third-order valence-corrected chi connectivity index (χ3v) is 4.69. The summed E-state index contributed by atoms with van der Waals surface area (Å²) in [5.74, 6) is -0.0462. The van der Waals surface area contributed by atoms with Gasteiger partial charge in [0.15, 0.2) is 5.43 Å². The molecule has 0 aliphatic rings. The fourth-order valence-electron chi connectivity index (χ4n) is 3.28. The van der Waals surface area contributed by atoms with Crippen LogP contribution in [0, 0.1) is 0 Å². The van der Waals surface area contributed by atoms with E-state index in [0.29, 0.717) is 10.8 Å². The number of pyridine rings is 1. The third kappa shape index (κ3) is 2.65. The summed E-state index contributed by atoms with van der Waals surface area (Å²) in [6.45, 7) is 0.159. The SMILES string of the molecule is CN(C(=O)Cn1c2ccccc2c(=O)c2ccccc21)c1ccccc1. The zero-order valence-electron chi connectivity index (χ0n) is 14.4. The van der Waals surface area contributed by atoms with Crippen molar-refractivity contribution in [3.63, 3.8) is 0 Å². The topological polar surface area (TPSA) is 42.3 Å². The highest BCUT2D eigenvalue weighted by molar-refractivity contribution is 5.97. The molecule has 4 heteroatoms. The molecule has 4 rings (SSSR count). The predicted octanol–water partition coefficient (Wildman–Crippen LogP) is 3.82. The zero-order valence-corrected chi connectivity index (χ0v) is 14.4. The van der Waals surface area contributed by atoms with Crippen molar-refractivity contribution < 1.29 is 4.79 Å². The molecule has 0 saturated heterocycles. The van der Waals surface area contributed by atoms with E-state index in [1.807, 2.05) is 83.4 Å². The minimum absolute atomic E-state index is 0.00341. The van der Waals surface area contributed by atoms with Gasteiger partial charge in [0, 0.05) is 23.5 Å². The maximum absolute atomic E-state index is 12.9. The number of fused-ring (bicyclic) bond motifs is 2. The van der Waals surface area contributed by atoms with Crippen LogP contribution in [0.3, 0.4) is 0 Å². The largest absolute Gasteiger partial charge is 0.331 e. The smallest absolute Gasteiger partial charge is 0.246 e. The van der Waals surface area contributed by atoms with Gasteiger partial charge in [0.05, 0.1) is 11.0 Å². The lowest BCUT2D eigenvalue weighted by molar-refractivity contribution is -0.118. The number of carbonyl (C=O) groups is 1. The summed E-state index contributed by atoms with van der Waals surface area (Å²) in [7, 11) is 1.77. The zero-order chi connectivity index (χ0) is 18.1. The van der Waals surface area contributed by atoms with Crippen LogP contribution < -0.4 is 10.3 Å². The van der Waals surface area contributed by atoms with Crippen LogP contribution in [0.4, 0.5) is 5.69 Å². The van der Waals surface area contributed by atoms with Crippen LogP contribution in [0.5, 0.6) is 0 Å². The molecule has 1 amide bonds. The second-order valence-electron chi connectivity index (χ2n) is 6.24. The van der Waals surface area contributed by atoms with Gasteiger partial charge in [-0.2, -0.15) is 0 Å². The lowest BCUT2D eigenvalue weighted by Gasteiger charge is -2.20. The number of hydrogen-bond acceptors (Lipinski definition) is 2. The van der Waals surface area contributed by atoms with Crippen molar-refractivity contribution in [3.8, 4) is 0 Å². The number of amides is 1. The number of nitrogens with zero attached hydrogens (tertiary/aromatic N) is 2. The molecular formula is C22H18N2O2. The lowest BCUT2D eigenvalue weighted by atomic mass is 10.1. The van der Waals surface area contributed by atoms with Crippen LogP contribution in [-0.4, -0.2) is 17.5 Å². The van der Waals surface area contributed by atoms with Gasteiger partial charge in [-0.05, 0) is 36.4 Å². The summed E-state index contributed by atoms with van der Waals surface area (Å²) in [4.78, 5) is 27.3. The fourth-order valence-corrected chi connectivity index (χ4v) is 3.28. The van der Waals surface area contributed by atoms with Crippen LogP contribution in [0.25, 0.3) is 21.8 Å². The summed E-state index contributed by atoms with van der Waals surface area (Å²) in [6, 6.07) is 24.4. The molecule has 0 spiro atoms. The number of para-hydroxylation sites is 3. The molecule has 0 radical (unpaired) electrons. The van der Waals surface area contributed by atoms with Crippen molar-refractivity contribution in [2.75, 3.05) is 11.9 Å². The second kappa shape index (κ2) is 6.48. The Balaban J connectivity index is 1.86. The number of aromatic nitrogens is 1. The van der Waals surface area contributed by atoms with Crippen molar-refractivity contribution in [2.24, 2.45) is 0 Å². The fraction of sp³-hybridized carbons (Fsp3) is 0.0909. The highest BCUT2D eigenvalue weighted by atomic mass is 16.2. The number of anilines is 1. The van der Waals surface area contributed by atoms with E-state index in [1.165, 1.54) is 0 Å². The summed E-state index contributed by atoms with van der Waals surface area (Å²) in [6.07, 6.45) is 0. The summed E-state index contributed by atoms with van der Waals surface area (Å²) >= 11 is 0. The lowest BCUT2D eigenvalue weighted by Crippen LogP contribution is -2.30. The Kier molecular flexibility index (Phi) is 4.01. The van der Waals surface area contributed by atoms with E-state index in [2.05, 4.69) is 0 Å². The molecule has 0 fully saturated rings. The van der Waals surface area contributed by atoms with Gasteiger partial charge in [-0.3, -0.25) is 9.59 Å². The van der Waals surface area contributed by atoms with Gasteiger partial charge in [0.1, 0.15) is 6.54 Å². The molecular weight excluding hydrogens is 324 g/mol. The van der Waals surface area contributed by atoms with E-state index in [-0.39, 0.29) is 17.9 Å². The van der Waals surface area contributed by atoms with E-state index in [4.69, 9.17) is 0 Å². The van der Waals surface area contributed by atoms with E-state index < -0.39 is 0 Å². The van der Waals surface area contributed by atoms with Crippen LogP contribution >= 0.6 is 0 Å². The molecule has 4 aromatic rings. The first kappa shape index (κ1) is 16.1. The van der Waals surface area contributed by atoms with Crippen LogP contribution in [-0.2, 0) is 11.3 Å². The molecule has 3 aromatic carbocycles. The molecule has 0 aliphatic carbocycles. The van der Waals surface area contributed by atoms with Crippen LogP contribution in [0.2, 0.25) is 0 Å². The average Bonchev–Trinajstić information content (AvgIpc) is 2.71. The van der Waals surface area contributed by atoms with E-state index in [1.54, 1.807) is 11.9 Å². The van der Waals surface area contributed by atoms with Crippen molar-refractivity contribution >= 4 is 33.4 Å². The molecule has 0 aliphatic heterocycles. The number of benzene rings is 3. The number of carbonyl (C=O) groups excluding carboxylic acids is 1. The van der Waals surface area contributed by atoms with Crippen molar-refractivity contribution in [2.45, 2.75) is 6.54 Å². The number of rotatable bonds is 3. The molecule has 128 valence electrons.